The monoisotopic (exact) mass is 187 g/mol. The molecule has 0 aromatic heterocycles. The van der Waals surface area contributed by atoms with Gasteiger partial charge in [-0.05, 0) is 31.0 Å². The lowest BCUT2D eigenvalue weighted by Crippen LogP contribution is -2.10. The topological polar surface area (TPSA) is 3.24 Å². The Kier molecular flexibility index (Phi) is 3.23. The average Bonchev–Trinajstić information content (AvgIpc) is 2.72. The van der Waals surface area contributed by atoms with Gasteiger partial charge in [-0.2, -0.15) is 0 Å². The lowest BCUT2D eigenvalue weighted by molar-refractivity contribution is 0.467. The fraction of sp³-hybridized carbons (Fsp3) is 0.385. The second-order valence-corrected chi connectivity index (χ2v) is 3.82. The van der Waals surface area contributed by atoms with Crippen LogP contribution in [0.4, 0.5) is 0 Å². The summed E-state index contributed by atoms with van der Waals surface area (Å²) in [7, 11) is 0. The largest absolute Gasteiger partial charge is 0.378 e. The van der Waals surface area contributed by atoms with Crippen LogP contribution < -0.4 is 0 Å². The Morgan fingerprint density at radius 2 is 1.79 bits per heavy atom. The van der Waals surface area contributed by atoms with Gasteiger partial charge in [0.2, 0.25) is 0 Å². The maximum absolute atomic E-state index is 2.41. The van der Waals surface area contributed by atoms with Crippen LogP contribution in [0, 0.1) is 0 Å². The minimum atomic E-state index is 1.05. The zero-order chi connectivity index (χ0) is 9.64. The van der Waals surface area contributed by atoms with Crippen LogP contribution in [0.25, 0.3) is 0 Å². The molecule has 0 bridgehead atoms. The van der Waals surface area contributed by atoms with E-state index in [4.69, 9.17) is 0 Å². The second kappa shape index (κ2) is 4.85. The number of benzene rings is 1. The summed E-state index contributed by atoms with van der Waals surface area (Å²) >= 11 is 0. The predicted molar refractivity (Wildman–Crippen MR) is 60.1 cm³/mol. The molecule has 14 heavy (non-hydrogen) atoms. The van der Waals surface area contributed by atoms with Gasteiger partial charge < -0.3 is 4.90 Å². The van der Waals surface area contributed by atoms with Crippen molar-refractivity contribution in [3.63, 3.8) is 0 Å². The molecule has 2 rings (SSSR count). The van der Waals surface area contributed by atoms with Gasteiger partial charge in [0.1, 0.15) is 0 Å². The highest BCUT2D eigenvalue weighted by Crippen LogP contribution is 2.08. The van der Waals surface area contributed by atoms with Crippen molar-refractivity contribution < 1.29 is 0 Å². The average molecular weight is 187 g/mol. The first-order valence-electron chi connectivity index (χ1n) is 5.40. The van der Waals surface area contributed by atoms with Crippen molar-refractivity contribution in [1.29, 1.82) is 0 Å². The van der Waals surface area contributed by atoms with Gasteiger partial charge in [-0.25, -0.2) is 0 Å². The van der Waals surface area contributed by atoms with E-state index in [0.717, 1.165) is 6.42 Å². The van der Waals surface area contributed by atoms with Gasteiger partial charge in [0, 0.05) is 13.1 Å². The van der Waals surface area contributed by atoms with Crippen molar-refractivity contribution in [3.8, 4) is 0 Å². The van der Waals surface area contributed by atoms with E-state index < -0.39 is 0 Å². The fourth-order valence-electron chi connectivity index (χ4n) is 1.84. The van der Waals surface area contributed by atoms with Crippen molar-refractivity contribution in [3.05, 3.63) is 48.2 Å². The van der Waals surface area contributed by atoms with Gasteiger partial charge in [0.05, 0.1) is 0 Å². The lowest BCUT2D eigenvalue weighted by atomic mass is 10.1. The third kappa shape index (κ3) is 2.63. The van der Waals surface area contributed by atoms with Crippen LogP contribution in [0.5, 0.6) is 0 Å². The first-order chi connectivity index (χ1) is 6.95. The minimum absolute atomic E-state index is 1.05. The molecular weight excluding hydrogens is 170 g/mol. The molecule has 0 aliphatic carbocycles. The molecule has 1 aromatic rings. The summed E-state index contributed by atoms with van der Waals surface area (Å²) in [5.74, 6) is 0. The number of allylic oxidation sites excluding steroid dienone is 1. The third-order valence-corrected chi connectivity index (χ3v) is 2.65. The van der Waals surface area contributed by atoms with Crippen molar-refractivity contribution >= 4 is 0 Å². The molecular formula is C13H17N. The van der Waals surface area contributed by atoms with Crippen LogP contribution in [-0.4, -0.2) is 18.0 Å². The molecule has 0 spiro atoms. The molecule has 1 nitrogen and oxygen atoms in total. The molecule has 1 fully saturated rings. The molecule has 0 atom stereocenters. The molecule has 1 aliphatic rings. The standard InChI is InChI=1S/C13H17N/c1-2-7-13(8-3-1)9-6-12-14-10-4-5-11-14/h1-3,6-8,12H,4-5,9-11H2. The summed E-state index contributed by atoms with van der Waals surface area (Å²) < 4.78 is 0. The number of rotatable bonds is 3. The SMILES string of the molecule is C(=CN1CCCC1)Cc1ccccc1. The lowest BCUT2D eigenvalue weighted by Gasteiger charge is -2.09. The van der Waals surface area contributed by atoms with Crippen LogP contribution in [0.1, 0.15) is 18.4 Å². The van der Waals surface area contributed by atoms with Crippen LogP contribution in [0.2, 0.25) is 0 Å². The van der Waals surface area contributed by atoms with E-state index in [-0.39, 0.29) is 0 Å². The Morgan fingerprint density at radius 3 is 2.50 bits per heavy atom. The maximum atomic E-state index is 2.41. The highest BCUT2D eigenvalue weighted by Gasteiger charge is 2.05. The highest BCUT2D eigenvalue weighted by molar-refractivity contribution is 5.17. The van der Waals surface area contributed by atoms with Crippen LogP contribution in [-0.2, 0) is 6.42 Å². The van der Waals surface area contributed by atoms with Crippen LogP contribution in [0.3, 0.4) is 0 Å². The van der Waals surface area contributed by atoms with Crippen LogP contribution in [0.15, 0.2) is 42.6 Å². The first kappa shape index (κ1) is 9.32. The molecule has 0 N–H and O–H groups in total. The summed E-state index contributed by atoms with van der Waals surface area (Å²) in [6.07, 6.45) is 8.28. The number of nitrogens with zero attached hydrogens (tertiary/aromatic N) is 1. The highest BCUT2D eigenvalue weighted by atomic mass is 15.1. The van der Waals surface area contributed by atoms with E-state index in [0.29, 0.717) is 0 Å². The van der Waals surface area contributed by atoms with E-state index in [1.165, 1.54) is 31.5 Å². The quantitative estimate of drug-likeness (QED) is 0.703. The van der Waals surface area contributed by atoms with Gasteiger partial charge in [-0.1, -0.05) is 36.4 Å². The Hall–Kier alpha value is -1.24. The van der Waals surface area contributed by atoms with Crippen molar-refractivity contribution in [1.82, 2.24) is 4.90 Å². The molecule has 1 heterocycles. The summed E-state index contributed by atoms with van der Waals surface area (Å²) in [5, 5.41) is 0. The zero-order valence-electron chi connectivity index (χ0n) is 8.52. The van der Waals surface area contributed by atoms with E-state index in [1.54, 1.807) is 0 Å². The van der Waals surface area contributed by atoms with Crippen LogP contribution >= 0.6 is 0 Å². The molecule has 1 heteroatoms. The van der Waals surface area contributed by atoms with Gasteiger partial charge in [-0.15, -0.1) is 0 Å². The molecule has 1 aliphatic heterocycles. The fourth-order valence-corrected chi connectivity index (χ4v) is 1.84. The Labute approximate surface area is 86.1 Å². The van der Waals surface area contributed by atoms with Gasteiger partial charge >= 0.3 is 0 Å². The molecule has 74 valence electrons. The second-order valence-electron chi connectivity index (χ2n) is 3.82. The molecule has 1 saturated heterocycles. The molecule has 1 aromatic carbocycles. The minimum Gasteiger partial charge on any atom is -0.378 e. The number of likely N-dealkylation sites (tertiary alicyclic amines) is 1. The maximum Gasteiger partial charge on any atom is 0.0173 e. The van der Waals surface area contributed by atoms with Crippen molar-refractivity contribution in [2.24, 2.45) is 0 Å². The Balaban J connectivity index is 1.81. The molecule has 0 amide bonds. The van der Waals surface area contributed by atoms with Gasteiger partial charge in [0.15, 0.2) is 0 Å². The first-order valence-corrected chi connectivity index (χ1v) is 5.40. The predicted octanol–water partition coefficient (Wildman–Crippen LogP) is 2.84. The van der Waals surface area contributed by atoms with Crippen molar-refractivity contribution in [2.45, 2.75) is 19.3 Å². The van der Waals surface area contributed by atoms with Gasteiger partial charge in [-0.3, -0.25) is 0 Å². The van der Waals surface area contributed by atoms with E-state index >= 15 is 0 Å². The smallest absolute Gasteiger partial charge is 0.0173 e. The van der Waals surface area contributed by atoms with Gasteiger partial charge in [0.25, 0.3) is 0 Å². The summed E-state index contributed by atoms with van der Waals surface area (Å²) in [6.45, 7) is 2.48. The normalized spacial score (nSPS) is 16.7. The summed E-state index contributed by atoms with van der Waals surface area (Å²) in [4.78, 5) is 2.41. The molecule has 0 radical (unpaired) electrons. The van der Waals surface area contributed by atoms with Crippen molar-refractivity contribution in [2.75, 3.05) is 13.1 Å². The third-order valence-electron chi connectivity index (χ3n) is 2.65. The Bertz CT molecular complexity index is 283. The van der Waals surface area contributed by atoms with E-state index in [1.807, 2.05) is 0 Å². The number of hydrogen-bond donors (Lipinski definition) is 0. The van der Waals surface area contributed by atoms with E-state index in [2.05, 4.69) is 47.5 Å². The summed E-state index contributed by atoms with van der Waals surface area (Å²) in [5.41, 5.74) is 1.39. The number of hydrogen-bond acceptors (Lipinski definition) is 1. The zero-order valence-corrected chi connectivity index (χ0v) is 8.52. The van der Waals surface area contributed by atoms with E-state index in [9.17, 15) is 0 Å². The summed E-state index contributed by atoms with van der Waals surface area (Å²) in [6, 6.07) is 10.6. The molecule has 0 saturated carbocycles. The Morgan fingerprint density at radius 1 is 1.07 bits per heavy atom. The molecule has 0 unspecified atom stereocenters.